The molecular formula is C16H20F2N2O2. The standard InChI is InChI=1S/C16H20F2N2O2/c1-19-15-8-20(3-2-12(15)9-22-10-16(19)21)7-11-4-13(17)6-14(18)5-11/h4-6,12,15H,2-3,7-10H2,1H3/t12-,15-/m0/s1. The van der Waals surface area contributed by atoms with Crippen LogP contribution in [0, 0.1) is 17.6 Å². The van der Waals surface area contributed by atoms with Gasteiger partial charge in [-0.2, -0.15) is 0 Å². The predicted molar refractivity (Wildman–Crippen MR) is 77.1 cm³/mol. The summed E-state index contributed by atoms with van der Waals surface area (Å²) in [5.41, 5.74) is 0.620. The molecule has 22 heavy (non-hydrogen) atoms. The lowest BCUT2D eigenvalue weighted by molar-refractivity contribution is -0.134. The highest BCUT2D eigenvalue weighted by Gasteiger charge is 2.36. The van der Waals surface area contributed by atoms with Crippen molar-refractivity contribution in [2.24, 2.45) is 5.92 Å². The number of nitrogens with zero attached hydrogens (tertiary/aromatic N) is 2. The topological polar surface area (TPSA) is 32.8 Å². The van der Waals surface area contributed by atoms with E-state index in [9.17, 15) is 13.6 Å². The van der Waals surface area contributed by atoms with Gasteiger partial charge in [-0.1, -0.05) is 0 Å². The van der Waals surface area contributed by atoms with Gasteiger partial charge >= 0.3 is 0 Å². The number of amides is 1. The van der Waals surface area contributed by atoms with Crippen LogP contribution in [-0.4, -0.2) is 55.1 Å². The van der Waals surface area contributed by atoms with E-state index in [-0.39, 0.29) is 18.6 Å². The molecule has 2 saturated heterocycles. The first-order valence-corrected chi connectivity index (χ1v) is 7.53. The molecule has 120 valence electrons. The van der Waals surface area contributed by atoms with Crippen LogP contribution in [0.25, 0.3) is 0 Å². The van der Waals surface area contributed by atoms with Gasteiger partial charge in [0.25, 0.3) is 0 Å². The summed E-state index contributed by atoms with van der Waals surface area (Å²) in [7, 11) is 1.81. The zero-order valence-corrected chi connectivity index (χ0v) is 12.6. The van der Waals surface area contributed by atoms with Gasteiger partial charge in [0.2, 0.25) is 5.91 Å². The van der Waals surface area contributed by atoms with Crippen LogP contribution < -0.4 is 0 Å². The Morgan fingerprint density at radius 2 is 2.00 bits per heavy atom. The van der Waals surface area contributed by atoms with Crippen molar-refractivity contribution in [3.8, 4) is 0 Å². The highest BCUT2D eigenvalue weighted by Crippen LogP contribution is 2.25. The molecule has 2 atom stereocenters. The lowest BCUT2D eigenvalue weighted by Crippen LogP contribution is -2.52. The number of rotatable bonds is 2. The molecular weight excluding hydrogens is 290 g/mol. The van der Waals surface area contributed by atoms with E-state index in [4.69, 9.17) is 4.74 Å². The van der Waals surface area contributed by atoms with E-state index in [1.807, 2.05) is 0 Å². The van der Waals surface area contributed by atoms with Crippen LogP contribution in [0.15, 0.2) is 18.2 Å². The van der Waals surface area contributed by atoms with Gasteiger partial charge in [-0.15, -0.1) is 0 Å². The zero-order chi connectivity index (χ0) is 15.7. The molecule has 2 heterocycles. The number of likely N-dealkylation sites (N-methyl/N-ethyl adjacent to an activating group) is 1. The Morgan fingerprint density at radius 3 is 2.73 bits per heavy atom. The predicted octanol–water partition coefficient (Wildman–Crippen LogP) is 1.64. The Bertz CT molecular complexity index is 547. The van der Waals surface area contributed by atoms with Crippen molar-refractivity contribution in [2.75, 3.05) is 33.4 Å². The fourth-order valence-electron chi connectivity index (χ4n) is 3.37. The zero-order valence-electron chi connectivity index (χ0n) is 12.6. The molecule has 1 aromatic rings. The summed E-state index contributed by atoms with van der Waals surface area (Å²) in [6.07, 6.45) is 0.917. The molecule has 0 aromatic heterocycles. The van der Waals surface area contributed by atoms with Crippen LogP contribution in [0.4, 0.5) is 8.78 Å². The van der Waals surface area contributed by atoms with Gasteiger partial charge < -0.3 is 9.64 Å². The summed E-state index contributed by atoms with van der Waals surface area (Å²) in [6.45, 7) is 2.77. The molecule has 0 aliphatic carbocycles. The van der Waals surface area contributed by atoms with Crippen molar-refractivity contribution >= 4 is 5.91 Å². The monoisotopic (exact) mass is 310 g/mol. The van der Waals surface area contributed by atoms with Gasteiger partial charge in [-0.25, -0.2) is 8.78 Å². The summed E-state index contributed by atoms with van der Waals surface area (Å²) in [5.74, 6) is -0.789. The van der Waals surface area contributed by atoms with Gasteiger partial charge in [0.05, 0.1) is 6.61 Å². The highest BCUT2D eigenvalue weighted by atomic mass is 19.1. The second-order valence-corrected chi connectivity index (χ2v) is 6.15. The molecule has 0 spiro atoms. The molecule has 1 aromatic carbocycles. The van der Waals surface area contributed by atoms with Crippen molar-refractivity contribution in [3.05, 3.63) is 35.4 Å². The van der Waals surface area contributed by atoms with Crippen LogP contribution in [-0.2, 0) is 16.1 Å². The molecule has 0 bridgehead atoms. The number of likely N-dealkylation sites (tertiary alicyclic amines) is 1. The maximum absolute atomic E-state index is 13.3. The quantitative estimate of drug-likeness (QED) is 0.832. The Labute approximate surface area is 128 Å². The van der Waals surface area contributed by atoms with Gasteiger partial charge in [-0.3, -0.25) is 9.69 Å². The number of carbonyl (C=O) groups is 1. The second-order valence-electron chi connectivity index (χ2n) is 6.15. The molecule has 0 radical (unpaired) electrons. The number of halogens is 2. The maximum Gasteiger partial charge on any atom is 0.248 e. The lowest BCUT2D eigenvalue weighted by atomic mass is 9.91. The number of ether oxygens (including phenoxy) is 1. The van der Waals surface area contributed by atoms with E-state index >= 15 is 0 Å². The van der Waals surface area contributed by atoms with Crippen molar-refractivity contribution < 1.29 is 18.3 Å². The van der Waals surface area contributed by atoms with Crippen molar-refractivity contribution in [1.82, 2.24) is 9.80 Å². The molecule has 0 N–H and O–H groups in total. The summed E-state index contributed by atoms with van der Waals surface area (Å²) >= 11 is 0. The van der Waals surface area contributed by atoms with E-state index in [1.54, 1.807) is 11.9 Å². The summed E-state index contributed by atoms with van der Waals surface area (Å²) < 4.78 is 32.0. The number of hydrogen-bond donors (Lipinski definition) is 0. The number of benzene rings is 1. The van der Waals surface area contributed by atoms with Crippen molar-refractivity contribution in [2.45, 2.75) is 19.0 Å². The number of fused-ring (bicyclic) bond motifs is 1. The van der Waals surface area contributed by atoms with E-state index < -0.39 is 11.6 Å². The Kier molecular flexibility index (Phi) is 4.40. The maximum atomic E-state index is 13.3. The molecule has 4 nitrogen and oxygen atoms in total. The SMILES string of the molecule is CN1C(=O)COC[C@@H]2CCN(Cc3cc(F)cc(F)c3)C[C@@H]21. The summed E-state index contributed by atoms with van der Waals surface area (Å²) in [4.78, 5) is 15.8. The summed E-state index contributed by atoms with van der Waals surface area (Å²) in [6, 6.07) is 3.70. The van der Waals surface area contributed by atoms with Gasteiger partial charge in [-0.05, 0) is 30.7 Å². The Hall–Kier alpha value is -1.53. The lowest BCUT2D eigenvalue weighted by Gasteiger charge is -2.41. The minimum atomic E-state index is -0.556. The first-order chi connectivity index (χ1) is 10.5. The van der Waals surface area contributed by atoms with Crippen molar-refractivity contribution in [1.29, 1.82) is 0 Å². The number of piperidine rings is 1. The Balaban J connectivity index is 1.70. The molecule has 2 aliphatic heterocycles. The van der Waals surface area contributed by atoms with Gasteiger partial charge in [0.1, 0.15) is 18.2 Å². The minimum Gasteiger partial charge on any atom is -0.371 e. The van der Waals surface area contributed by atoms with Crippen LogP contribution in [0.2, 0.25) is 0 Å². The number of carbonyl (C=O) groups excluding carboxylic acids is 1. The molecule has 2 aliphatic rings. The van der Waals surface area contributed by atoms with E-state index in [0.29, 0.717) is 31.2 Å². The molecule has 6 heteroatoms. The van der Waals surface area contributed by atoms with E-state index in [2.05, 4.69) is 4.90 Å². The molecule has 0 unspecified atom stereocenters. The fourth-order valence-corrected chi connectivity index (χ4v) is 3.37. The fraction of sp³-hybridized carbons (Fsp3) is 0.562. The Morgan fingerprint density at radius 1 is 1.27 bits per heavy atom. The first-order valence-electron chi connectivity index (χ1n) is 7.53. The van der Waals surface area contributed by atoms with Crippen LogP contribution in [0.1, 0.15) is 12.0 Å². The third-order valence-electron chi connectivity index (χ3n) is 4.58. The van der Waals surface area contributed by atoms with E-state index in [1.165, 1.54) is 12.1 Å². The van der Waals surface area contributed by atoms with Crippen LogP contribution in [0.5, 0.6) is 0 Å². The molecule has 2 fully saturated rings. The third kappa shape index (κ3) is 3.28. The smallest absolute Gasteiger partial charge is 0.248 e. The summed E-state index contributed by atoms with van der Waals surface area (Å²) in [5, 5.41) is 0. The first kappa shape index (κ1) is 15.4. The van der Waals surface area contributed by atoms with Gasteiger partial charge in [0.15, 0.2) is 0 Å². The largest absolute Gasteiger partial charge is 0.371 e. The van der Waals surface area contributed by atoms with Crippen molar-refractivity contribution in [3.63, 3.8) is 0 Å². The number of hydrogen-bond acceptors (Lipinski definition) is 3. The average molecular weight is 310 g/mol. The normalized spacial score (nSPS) is 26.7. The molecule has 1 amide bonds. The molecule has 3 rings (SSSR count). The van der Waals surface area contributed by atoms with E-state index in [0.717, 1.165) is 19.0 Å². The minimum absolute atomic E-state index is 0.00819. The highest BCUT2D eigenvalue weighted by molar-refractivity contribution is 5.77. The van der Waals surface area contributed by atoms with Crippen LogP contribution in [0.3, 0.4) is 0 Å². The van der Waals surface area contributed by atoms with Gasteiger partial charge in [0, 0.05) is 38.2 Å². The molecule has 0 saturated carbocycles. The second kappa shape index (κ2) is 6.30. The third-order valence-corrected chi connectivity index (χ3v) is 4.58. The van der Waals surface area contributed by atoms with Crippen LogP contribution >= 0.6 is 0 Å². The average Bonchev–Trinajstić information content (AvgIpc) is 2.59.